The van der Waals surface area contributed by atoms with Gasteiger partial charge in [0, 0.05) is 12.4 Å². The van der Waals surface area contributed by atoms with Crippen LogP contribution in [0.1, 0.15) is 46.2 Å². The Morgan fingerprint density at radius 2 is 1.66 bits per heavy atom. The molecule has 148 valence electrons. The van der Waals surface area contributed by atoms with Crippen LogP contribution >= 0.6 is 0 Å². The van der Waals surface area contributed by atoms with E-state index >= 15 is 0 Å². The molecule has 0 radical (unpaired) electrons. The molecule has 7 heteroatoms. The molecule has 3 aromatic rings. The summed E-state index contributed by atoms with van der Waals surface area (Å²) in [5, 5.41) is 5.91. The van der Waals surface area contributed by atoms with Crippen molar-refractivity contribution in [3.8, 4) is 0 Å². The summed E-state index contributed by atoms with van der Waals surface area (Å²) in [6, 6.07) is 16.6. The number of nitrogens with zero attached hydrogens (tertiary/aromatic N) is 2. The Bertz CT molecular complexity index is 975. The Kier molecular flexibility index (Phi) is 6.52. The van der Waals surface area contributed by atoms with Crippen molar-refractivity contribution >= 4 is 23.5 Å². The maximum atomic E-state index is 12.5. The highest BCUT2D eigenvalue weighted by Gasteiger charge is 2.15. The minimum Gasteiger partial charge on any atom is -0.462 e. The molecule has 1 amide bonds. The number of nitrogens with one attached hydrogen (secondary N) is 2. The standard InChI is InChI=1S/C22H22N4O3/c1-3-29-21(28)18-11-7-8-12-19(18)26-20(27)17-13-23-22(24-14-17)25-15(2)16-9-5-4-6-10-16/h4-15H,3H2,1-2H3,(H,26,27)(H,23,24,25). The lowest BCUT2D eigenvalue weighted by molar-refractivity contribution is 0.0527. The number of carbonyl (C=O) groups is 2. The Morgan fingerprint density at radius 3 is 2.34 bits per heavy atom. The third-order valence-corrected chi connectivity index (χ3v) is 4.23. The van der Waals surface area contributed by atoms with Gasteiger partial charge in [0.2, 0.25) is 5.95 Å². The van der Waals surface area contributed by atoms with E-state index in [1.807, 2.05) is 37.3 Å². The maximum Gasteiger partial charge on any atom is 0.340 e. The average molecular weight is 390 g/mol. The van der Waals surface area contributed by atoms with Crippen molar-refractivity contribution in [3.63, 3.8) is 0 Å². The smallest absolute Gasteiger partial charge is 0.340 e. The first-order chi connectivity index (χ1) is 14.1. The van der Waals surface area contributed by atoms with Crippen LogP contribution in [0.3, 0.4) is 0 Å². The first-order valence-corrected chi connectivity index (χ1v) is 9.29. The molecule has 0 saturated carbocycles. The third kappa shape index (κ3) is 5.16. The molecule has 1 heterocycles. The zero-order valence-corrected chi connectivity index (χ0v) is 16.3. The minimum absolute atomic E-state index is 0.0207. The average Bonchev–Trinajstić information content (AvgIpc) is 2.75. The molecule has 0 aliphatic rings. The molecule has 1 atom stereocenters. The van der Waals surface area contributed by atoms with Crippen molar-refractivity contribution in [2.24, 2.45) is 0 Å². The number of benzene rings is 2. The van der Waals surface area contributed by atoms with Crippen molar-refractivity contribution in [1.29, 1.82) is 0 Å². The highest BCUT2D eigenvalue weighted by atomic mass is 16.5. The Hall–Kier alpha value is -3.74. The Labute approximate surface area is 169 Å². The van der Waals surface area contributed by atoms with E-state index in [9.17, 15) is 9.59 Å². The molecule has 3 rings (SSSR count). The van der Waals surface area contributed by atoms with Crippen LogP contribution in [0.25, 0.3) is 0 Å². The number of aromatic nitrogens is 2. The van der Waals surface area contributed by atoms with Gasteiger partial charge in [0.05, 0.1) is 29.5 Å². The van der Waals surface area contributed by atoms with Gasteiger partial charge in [0.25, 0.3) is 5.91 Å². The number of para-hydroxylation sites is 1. The minimum atomic E-state index is -0.492. The molecule has 7 nitrogen and oxygen atoms in total. The van der Waals surface area contributed by atoms with Crippen LogP contribution in [-0.2, 0) is 4.74 Å². The van der Waals surface area contributed by atoms with Crippen LogP contribution in [-0.4, -0.2) is 28.5 Å². The third-order valence-electron chi connectivity index (χ3n) is 4.23. The SMILES string of the molecule is CCOC(=O)c1ccccc1NC(=O)c1cnc(NC(C)c2ccccc2)nc1. The van der Waals surface area contributed by atoms with E-state index in [-0.39, 0.29) is 18.2 Å². The second-order valence-corrected chi connectivity index (χ2v) is 6.29. The van der Waals surface area contributed by atoms with Crippen molar-refractivity contribution in [2.45, 2.75) is 19.9 Å². The Morgan fingerprint density at radius 1 is 1.00 bits per heavy atom. The molecule has 0 aliphatic heterocycles. The first kappa shape index (κ1) is 20.0. The fraction of sp³-hybridized carbons (Fsp3) is 0.182. The summed E-state index contributed by atoms with van der Waals surface area (Å²) >= 11 is 0. The number of ether oxygens (including phenoxy) is 1. The summed E-state index contributed by atoms with van der Waals surface area (Å²) in [4.78, 5) is 33.0. The second kappa shape index (κ2) is 9.45. The molecule has 2 N–H and O–H groups in total. The highest BCUT2D eigenvalue weighted by molar-refractivity contribution is 6.07. The fourth-order valence-electron chi connectivity index (χ4n) is 2.71. The zero-order chi connectivity index (χ0) is 20.6. The van der Waals surface area contributed by atoms with Crippen molar-refractivity contribution in [3.05, 3.63) is 83.7 Å². The quantitative estimate of drug-likeness (QED) is 0.591. The number of rotatable bonds is 7. The summed E-state index contributed by atoms with van der Waals surface area (Å²) in [6.45, 7) is 3.99. The number of hydrogen-bond acceptors (Lipinski definition) is 6. The molecule has 0 saturated heterocycles. The number of hydrogen-bond donors (Lipinski definition) is 2. The van der Waals surface area contributed by atoms with Crippen LogP contribution in [0.5, 0.6) is 0 Å². The van der Waals surface area contributed by atoms with Gasteiger partial charge in [-0.25, -0.2) is 14.8 Å². The van der Waals surface area contributed by atoms with Crippen LogP contribution in [0.15, 0.2) is 67.0 Å². The maximum absolute atomic E-state index is 12.5. The van der Waals surface area contributed by atoms with Crippen LogP contribution < -0.4 is 10.6 Å². The molecule has 0 aliphatic carbocycles. The van der Waals surface area contributed by atoms with Crippen molar-refractivity contribution in [2.75, 3.05) is 17.2 Å². The molecule has 1 unspecified atom stereocenters. The monoisotopic (exact) mass is 390 g/mol. The Balaban J connectivity index is 1.68. The van der Waals surface area contributed by atoms with Gasteiger partial charge in [-0.3, -0.25) is 4.79 Å². The van der Waals surface area contributed by atoms with Gasteiger partial charge >= 0.3 is 5.97 Å². The van der Waals surface area contributed by atoms with Crippen LogP contribution in [0, 0.1) is 0 Å². The molecule has 29 heavy (non-hydrogen) atoms. The van der Waals surface area contributed by atoms with Gasteiger partial charge < -0.3 is 15.4 Å². The van der Waals surface area contributed by atoms with E-state index < -0.39 is 11.9 Å². The van der Waals surface area contributed by atoms with Gasteiger partial charge in [-0.2, -0.15) is 0 Å². The van der Waals surface area contributed by atoms with Crippen molar-refractivity contribution in [1.82, 2.24) is 9.97 Å². The molecule has 2 aromatic carbocycles. The van der Waals surface area contributed by atoms with E-state index in [1.165, 1.54) is 12.4 Å². The van der Waals surface area contributed by atoms with Gasteiger partial charge in [0.1, 0.15) is 0 Å². The van der Waals surface area contributed by atoms with E-state index in [4.69, 9.17) is 4.74 Å². The van der Waals surface area contributed by atoms with Crippen LogP contribution in [0.2, 0.25) is 0 Å². The summed E-state index contributed by atoms with van der Waals surface area (Å²) in [5.74, 6) is -0.483. The van der Waals surface area contributed by atoms with Gasteiger partial charge in [0.15, 0.2) is 0 Å². The molecular formula is C22H22N4O3. The predicted octanol–water partition coefficient (Wildman–Crippen LogP) is 4.08. The number of esters is 1. The summed E-state index contributed by atoms with van der Waals surface area (Å²) in [5.41, 5.74) is 2.05. The van der Waals surface area contributed by atoms with Gasteiger partial charge in [-0.05, 0) is 31.5 Å². The highest BCUT2D eigenvalue weighted by Crippen LogP contribution is 2.18. The summed E-state index contributed by atoms with van der Waals surface area (Å²) in [7, 11) is 0. The molecular weight excluding hydrogens is 368 g/mol. The summed E-state index contributed by atoms with van der Waals surface area (Å²) < 4.78 is 5.02. The lowest BCUT2D eigenvalue weighted by Gasteiger charge is -2.14. The van der Waals surface area contributed by atoms with E-state index in [0.717, 1.165) is 5.56 Å². The van der Waals surface area contributed by atoms with E-state index in [0.29, 0.717) is 17.2 Å². The number of carbonyl (C=O) groups excluding carboxylic acids is 2. The summed E-state index contributed by atoms with van der Waals surface area (Å²) in [6.07, 6.45) is 2.88. The molecule has 0 spiro atoms. The predicted molar refractivity (Wildman–Crippen MR) is 111 cm³/mol. The van der Waals surface area contributed by atoms with Gasteiger partial charge in [-0.1, -0.05) is 42.5 Å². The van der Waals surface area contributed by atoms with Crippen LogP contribution in [0.4, 0.5) is 11.6 Å². The lowest BCUT2D eigenvalue weighted by atomic mass is 10.1. The normalized spacial score (nSPS) is 11.4. The van der Waals surface area contributed by atoms with Crippen molar-refractivity contribution < 1.29 is 14.3 Å². The van der Waals surface area contributed by atoms with Gasteiger partial charge in [-0.15, -0.1) is 0 Å². The molecule has 0 fully saturated rings. The first-order valence-electron chi connectivity index (χ1n) is 9.29. The zero-order valence-electron chi connectivity index (χ0n) is 16.3. The number of amides is 1. The van der Waals surface area contributed by atoms with E-state index in [2.05, 4.69) is 20.6 Å². The second-order valence-electron chi connectivity index (χ2n) is 6.29. The number of anilines is 2. The topological polar surface area (TPSA) is 93.2 Å². The fourth-order valence-corrected chi connectivity index (χ4v) is 2.71. The van der Waals surface area contributed by atoms with E-state index in [1.54, 1.807) is 31.2 Å². The molecule has 0 bridgehead atoms. The largest absolute Gasteiger partial charge is 0.462 e. The molecule has 1 aromatic heterocycles. The lowest BCUT2D eigenvalue weighted by Crippen LogP contribution is -2.17.